The molecule has 3 rings (SSSR count). The molecule has 4 nitrogen and oxygen atoms in total. The molecule has 5 heteroatoms. The van der Waals surface area contributed by atoms with Crippen molar-refractivity contribution in [1.82, 2.24) is 0 Å². The highest BCUT2D eigenvalue weighted by Gasteiger charge is 2.15. The van der Waals surface area contributed by atoms with Gasteiger partial charge in [-0.25, -0.2) is 9.59 Å². The Morgan fingerprint density at radius 3 is 1.91 bits per heavy atom. The fourth-order valence-corrected chi connectivity index (χ4v) is 2.95. The van der Waals surface area contributed by atoms with Crippen LogP contribution < -0.4 is 0 Å². The van der Waals surface area contributed by atoms with Crippen LogP contribution in [-0.2, 0) is 0 Å². The molecule has 0 aliphatic carbocycles. The van der Waals surface area contributed by atoms with Gasteiger partial charge in [0, 0.05) is 4.90 Å². The lowest BCUT2D eigenvalue weighted by Crippen LogP contribution is -2.01. The summed E-state index contributed by atoms with van der Waals surface area (Å²) in [5, 5.41) is 21.2. The van der Waals surface area contributed by atoms with Gasteiger partial charge in [0.15, 0.2) is 0 Å². The fraction of sp³-hybridized carbons (Fsp3) is 0.0588. The van der Waals surface area contributed by atoms with E-state index < -0.39 is 11.9 Å². The van der Waals surface area contributed by atoms with Crippen molar-refractivity contribution in [2.24, 2.45) is 0 Å². The van der Waals surface area contributed by atoms with Gasteiger partial charge in [-0.15, -0.1) is 12.6 Å². The molecular formula is C17H12O4S. The zero-order valence-electron chi connectivity index (χ0n) is 11.6. The smallest absolute Gasteiger partial charge is 0.336 e. The third-order valence-corrected chi connectivity index (χ3v) is 4.20. The molecule has 3 aromatic carbocycles. The van der Waals surface area contributed by atoms with E-state index in [1.165, 1.54) is 12.1 Å². The van der Waals surface area contributed by atoms with Gasteiger partial charge in [0.1, 0.15) is 0 Å². The van der Waals surface area contributed by atoms with Crippen LogP contribution in [0.15, 0.2) is 41.3 Å². The Morgan fingerprint density at radius 2 is 1.32 bits per heavy atom. The molecule has 0 spiro atoms. The maximum atomic E-state index is 11.4. The number of fused-ring (bicyclic) bond motifs is 2. The van der Waals surface area contributed by atoms with Gasteiger partial charge in [0.05, 0.1) is 11.1 Å². The van der Waals surface area contributed by atoms with Crippen LogP contribution in [0.4, 0.5) is 0 Å². The highest BCUT2D eigenvalue weighted by atomic mass is 32.1. The van der Waals surface area contributed by atoms with Crippen molar-refractivity contribution in [2.45, 2.75) is 11.8 Å². The second-order valence-corrected chi connectivity index (χ2v) is 5.60. The minimum absolute atomic E-state index is 0.132. The highest BCUT2D eigenvalue weighted by molar-refractivity contribution is 7.80. The normalized spacial score (nSPS) is 11.0. The number of carbonyl (C=O) groups is 2. The van der Waals surface area contributed by atoms with E-state index in [4.69, 9.17) is 0 Å². The van der Waals surface area contributed by atoms with Gasteiger partial charge in [-0.2, -0.15) is 0 Å². The van der Waals surface area contributed by atoms with Crippen molar-refractivity contribution >= 4 is 46.1 Å². The Hall–Kier alpha value is -2.53. The van der Waals surface area contributed by atoms with Gasteiger partial charge in [-0.3, -0.25) is 0 Å². The van der Waals surface area contributed by atoms with Gasteiger partial charge in [-0.1, -0.05) is 6.07 Å². The third-order valence-electron chi connectivity index (χ3n) is 3.81. The standard InChI is InChI=1S/C17H12O4S/c1-8-2-3-9(16(18)19)12-7-13-10(17(20)21)4-5-15(22)14(13)6-11(8)12/h2-7,22H,1H3,(H,18,19)(H,20,21). The molecule has 0 aliphatic heterocycles. The number of hydrogen-bond acceptors (Lipinski definition) is 3. The maximum absolute atomic E-state index is 11.4. The predicted molar refractivity (Wildman–Crippen MR) is 87.4 cm³/mol. The molecule has 0 unspecified atom stereocenters. The van der Waals surface area contributed by atoms with E-state index in [-0.39, 0.29) is 11.1 Å². The summed E-state index contributed by atoms with van der Waals surface area (Å²) >= 11 is 4.38. The molecule has 2 N–H and O–H groups in total. The molecule has 0 amide bonds. The summed E-state index contributed by atoms with van der Waals surface area (Å²) in [4.78, 5) is 23.5. The van der Waals surface area contributed by atoms with E-state index in [1.54, 1.807) is 24.3 Å². The van der Waals surface area contributed by atoms with Crippen LogP contribution in [0, 0.1) is 6.92 Å². The second-order valence-electron chi connectivity index (χ2n) is 5.12. The van der Waals surface area contributed by atoms with E-state index in [0.29, 0.717) is 21.1 Å². The van der Waals surface area contributed by atoms with Crippen LogP contribution in [-0.4, -0.2) is 22.2 Å². The molecule has 0 aromatic heterocycles. The summed E-state index contributed by atoms with van der Waals surface area (Å²) < 4.78 is 0. The molecular weight excluding hydrogens is 300 g/mol. The monoisotopic (exact) mass is 312 g/mol. The van der Waals surface area contributed by atoms with Gasteiger partial charge in [0.25, 0.3) is 0 Å². The number of rotatable bonds is 2. The number of carboxylic acid groups (broad SMARTS) is 2. The molecule has 0 saturated heterocycles. The number of aryl methyl sites for hydroxylation is 1. The molecule has 110 valence electrons. The SMILES string of the molecule is Cc1ccc(C(=O)O)c2cc3c(C(=O)O)ccc(S)c3cc12. The summed E-state index contributed by atoms with van der Waals surface area (Å²) in [5.74, 6) is -2.09. The Bertz CT molecular complexity index is 885. The molecule has 22 heavy (non-hydrogen) atoms. The maximum Gasteiger partial charge on any atom is 0.336 e. The lowest BCUT2D eigenvalue weighted by molar-refractivity contribution is 0.0688. The van der Waals surface area contributed by atoms with Crippen molar-refractivity contribution in [3.63, 3.8) is 0 Å². The summed E-state index contributed by atoms with van der Waals surface area (Å²) in [6, 6.07) is 9.84. The number of thiol groups is 1. The van der Waals surface area contributed by atoms with Gasteiger partial charge in [-0.05, 0) is 64.4 Å². The predicted octanol–water partition coefficient (Wildman–Crippen LogP) is 3.99. The van der Waals surface area contributed by atoms with Gasteiger partial charge in [0.2, 0.25) is 0 Å². The zero-order valence-corrected chi connectivity index (χ0v) is 12.5. The minimum atomic E-state index is -1.05. The van der Waals surface area contributed by atoms with Crippen molar-refractivity contribution in [3.8, 4) is 0 Å². The molecule has 0 atom stereocenters. The van der Waals surface area contributed by atoms with Crippen molar-refractivity contribution in [1.29, 1.82) is 0 Å². The second kappa shape index (κ2) is 5.03. The molecule has 0 fully saturated rings. The topological polar surface area (TPSA) is 74.6 Å². The molecule has 0 heterocycles. The Labute approximate surface area is 131 Å². The average molecular weight is 312 g/mol. The van der Waals surface area contributed by atoms with E-state index in [1.807, 2.05) is 6.92 Å². The molecule has 0 radical (unpaired) electrons. The summed E-state index contributed by atoms with van der Waals surface area (Å²) in [5.41, 5.74) is 1.21. The Morgan fingerprint density at radius 1 is 0.818 bits per heavy atom. The highest BCUT2D eigenvalue weighted by Crippen LogP contribution is 2.33. The molecule has 3 aromatic rings. The van der Waals surface area contributed by atoms with Gasteiger partial charge >= 0.3 is 11.9 Å². The number of carboxylic acids is 2. The first-order valence-electron chi connectivity index (χ1n) is 6.56. The van der Waals surface area contributed by atoms with E-state index >= 15 is 0 Å². The minimum Gasteiger partial charge on any atom is -0.478 e. The van der Waals surface area contributed by atoms with E-state index in [0.717, 1.165) is 10.9 Å². The lowest BCUT2D eigenvalue weighted by Gasteiger charge is -2.11. The van der Waals surface area contributed by atoms with Crippen molar-refractivity contribution < 1.29 is 19.8 Å². The van der Waals surface area contributed by atoms with Crippen molar-refractivity contribution in [2.75, 3.05) is 0 Å². The van der Waals surface area contributed by atoms with Crippen LogP contribution in [0.2, 0.25) is 0 Å². The van der Waals surface area contributed by atoms with Crippen LogP contribution in [0.3, 0.4) is 0 Å². The Balaban J connectivity index is 2.57. The summed E-state index contributed by atoms with van der Waals surface area (Å²) in [6.45, 7) is 1.89. The quantitative estimate of drug-likeness (QED) is 0.494. The molecule has 0 aliphatic rings. The van der Waals surface area contributed by atoms with E-state index in [2.05, 4.69) is 12.6 Å². The first-order valence-corrected chi connectivity index (χ1v) is 7.00. The van der Waals surface area contributed by atoms with Gasteiger partial charge < -0.3 is 10.2 Å². The van der Waals surface area contributed by atoms with Crippen LogP contribution in [0.5, 0.6) is 0 Å². The number of benzene rings is 3. The number of hydrogen-bond donors (Lipinski definition) is 3. The lowest BCUT2D eigenvalue weighted by atomic mass is 9.94. The van der Waals surface area contributed by atoms with E-state index in [9.17, 15) is 19.8 Å². The molecule has 0 bridgehead atoms. The average Bonchev–Trinajstić information content (AvgIpc) is 2.46. The summed E-state index contributed by atoms with van der Waals surface area (Å²) in [6.07, 6.45) is 0. The van der Waals surface area contributed by atoms with Crippen LogP contribution in [0.1, 0.15) is 26.3 Å². The summed E-state index contributed by atoms with van der Waals surface area (Å²) in [7, 11) is 0. The first-order chi connectivity index (χ1) is 10.4. The first kappa shape index (κ1) is 14.4. The fourth-order valence-electron chi connectivity index (χ4n) is 2.69. The van der Waals surface area contributed by atoms with Crippen LogP contribution in [0.25, 0.3) is 21.5 Å². The Kier molecular flexibility index (Phi) is 3.30. The molecule has 0 saturated carbocycles. The zero-order chi connectivity index (χ0) is 16.0. The number of aromatic carboxylic acids is 2. The third kappa shape index (κ3) is 2.10. The van der Waals surface area contributed by atoms with Crippen molar-refractivity contribution in [3.05, 3.63) is 53.1 Å². The van der Waals surface area contributed by atoms with Crippen LogP contribution >= 0.6 is 12.6 Å². The largest absolute Gasteiger partial charge is 0.478 e.